The topological polar surface area (TPSA) is 68.3 Å². The Morgan fingerprint density at radius 1 is 1.04 bits per heavy atom. The van der Waals surface area contributed by atoms with Crippen molar-refractivity contribution in [2.45, 2.75) is 33.2 Å². The van der Waals surface area contributed by atoms with Gasteiger partial charge in [-0.05, 0) is 42.5 Å². The molecule has 0 aliphatic rings. The summed E-state index contributed by atoms with van der Waals surface area (Å²) in [5, 5.41) is 2.83. The Morgan fingerprint density at radius 3 is 2.28 bits per heavy atom. The van der Waals surface area contributed by atoms with Crippen molar-refractivity contribution in [1.82, 2.24) is 10.3 Å². The van der Waals surface area contributed by atoms with Crippen molar-refractivity contribution >= 4 is 11.9 Å². The number of pyridine rings is 1. The number of nitrogens with zero attached hydrogens (tertiary/aromatic N) is 1. The highest BCUT2D eigenvalue weighted by Crippen LogP contribution is 2.15. The number of amides is 1. The Labute approximate surface area is 148 Å². The number of benzene rings is 1. The largest absolute Gasteiger partial charge is 0.452 e. The molecule has 0 radical (unpaired) electrons. The van der Waals surface area contributed by atoms with Crippen LogP contribution in [0.15, 0.2) is 48.8 Å². The minimum Gasteiger partial charge on any atom is -0.452 e. The molecule has 0 aliphatic heterocycles. The predicted octanol–water partition coefficient (Wildman–Crippen LogP) is 3.31. The lowest BCUT2D eigenvalue weighted by Gasteiger charge is -2.15. The molecule has 1 aromatic carbocycles. The first-order valence-electron chi connectivity index (χ1n) is 8.41. The first-order chi connectivity index (χ1) is 12.0. The van der Waals surface area contributed by atoms with E-state index in [1.807, 2.05) is 19.1 Å². The van der Waals surface area contributed by atoms with Crippen LogP contribution < -0.4 is 5.32 Å². The van der Waals surface area contributed by atoms with E-state index in [2.05, 4.69) is 36.3 Å². The first-order valence-corrected chi connectivity index (χ1v) is 8.41. The van der Waals surface area contributed by atoms with Crippen LogP contribution in [-0.2, 0) is 16.0 Å². The van der Waals surface area contributed by atoms with Crippen molar-refractivity contribution in [3.8, 4) is 0 Å². The molecule has 1 N–H and O–H groups in total. The second kappa shape index (κ2) is 8.97. The maximum atomic E-state index is 12.0. The second-order valence-corrected chi connectivity index (χ2v) is 6.44. The number of nitrogens with one attached hydrogen (secondary N) is 1. The number of aromatic nitrogens is 1. The summed E-state index contributed by atoms with van der Waals surface area (Å²) >= 11 is 0. The van der Waals surface area contributed by atoms with Gasteiger partial charge in [0.25, 0.3) is 5.91 Å². The zero-order valence-corrected chi connectivity index (χ0v) is 14.9. The van der Waals surface area contributed by atoms with Crippen LogP contribution >= 0.6 is 0 Å². The summed E-state index contributed by atoms with van der Waals surface area (Å²) in [5.41, 5.74) is 2.67. The van der Waals surface area contributed by atoms with Crippen LogP contribution in [0.5, 0.6) is 0 Å². The van der Waals surface area contributed by atoms with E-state index in [0.29, 0.717) is 11.5 Å². The van der Waals surface area contributed by atoms with Gasteiger partial charge in [-0.2, -0.15) is 0 Å². The minimum atomic E-state index is -0.539. The Kier molecular flexibility index (Phi) is 6.69. The zero-order valence-electron chi connectivity index (χ0n) is 14.9. The normalized spacial score (nSPS) is 11.8. The fraction of sp³-hybridized carbons (Fsp3) is 0.350. The summed E-state index contributed by atoms with van der Waals surface area (Å²) in [4.78, 5) is 27.6. The Morgan fingerprint density at radius 2 is 1.68 bits per heavy atom. The lowest BCUT2D eigenvalue weighted by atomic mass is 10.00. The Hall–Kier alpha value is -2.69. The van der Waals surface area contributed by atoms with Crippen molar-refractivity contribution in [2.75, 3.05) is 6.61 Å². The zero-order chi connectivity index (χ0) is 18.2. The molecule has 5 nitrogen and oxygen atoms in total. The van der Waals surface area contributed by atoms with Gasteiger partial charge < -0.3 is 10.1 Å². The highest BCUT2D eigenvalue weighted by Gasteiger charge is 2.13. The quantitative estimate of drug-likeness (QED) is 0.785. The third kappa shape index (κ3) is 6.03. The van der Waals surface area contributed by atoms with Gasteiger partial charge in [-0.1, -0.05) is 38.1 Å². The van der Waals surface area contributed by atoms with Crippen molar-refractivity contribution in [3.05, 3.63) is 65.5 Å². The molecule has 1 amide bonds. The summed E-state index contributed by atoms with van der Waals surface area (Å²) in [6.07, 6.45) is 4.04. The molecule has 0 saturated heterocycles. The van der Waals surface area contributed by atoms with E-state index in [1.54, 1.807) is 12.1 Å². The van der Waals surface area contributed by atoms with E-state index in [9.17, 15) is 9.59 Å². The van der Waals surface area contributed by atoms with E-state index in [0.717, 1.165) is 12.0 Å². The number of esters is 1. The molecule has 0 unspecified atom stereocenters. The molecule has 1 heterocycles. The van der Waals surface area contributed by atoms with Crippen molar-refractivity contribution in [2.24, 2.45) is 5.92 Å². The van der Waals surface area contributed by atoms with E-state index < -0.39 is 5.97 Å². The average molecular weight is 340 g/mol. The van der Waals surface area contributed by atoms with Crippen molar-refractivity contribution in [1.29, 1.82) is 0 Å². The van der Waals surface area contributed by atoms with Crippen LogP contribution in [0, 0.1) is 5.92 Å². The molecule has 0 aliphatic carbocycles. The van der Waals surface area contributed by atoms with Gasteiger partial charge in [-0.15, -0.1) is 0 Å². The first kappa shape index (κ1) is 18.6. The van der Waals surface area contributed by atoms with Crippen LogP contribution in [-0.4, -0.2) is 23.5 Å². The second-order valence-electron chi connectivity index (χ2n) is 6.44. The average Bonchev–Trinajstić information content (AvgIpc) is 2.60. The van der Waals surface area contributed by atoms with Crippen molar-refractivity contribution in [3.63, 3.8) is 0 Å². The maximum Gasteiger partial charge on any atom is 0.338 e. The summed E-state index contributed by atoms with van der Waals surface area (Å²) < 4.78 is 5.01. The van der Waals surface area contributed by atoms with Gasteiger partial charge in [0.1, 0.15) is 0 Å². The smallest absolute Gasteiger partial charge is 0.338 e. The molecule has 2 aromatic rings. The van der Waals surface area contributed by atoms with Gasteiger partial charge in [0, 0.05) is 12.4 Å². The molecule has 1 aromatic heterocycles. The summed E-state index contributed by atoms with van der Waals surface area (Å²) in [6.45, 7) is 5.96. The lowest BCUT2D eigenvalue weighted by molar-refractivity contribution is -0.124. The Bertz CT molecular complexity index is 697. The number of ether oxygens (including phenoxy) is 1. The fourth-order valence-corrected chi connectivity index (χ4v) is 2.48. The van der Waals surface area contributed by atoms with E-state index in [-0.39, 0.29) is 18.6 Å². The van der Waals surface area contributed by atoms with Gasteiger partial charge in [0.05, 0.1) is 11.6 Å². The standard InChI is InChI=1S/C20H24N2O3/c1-14(2)12-16-4-6-17(7-5-16)15(3)22-19(23)13-25-20(24)18-8-10-21-11-9-18/h4-11,14-15H,12-13H2,1-3H3,(H,22,23)/t15-/m0/s1. The van der Waals surface area contributed by atoms with Gasteiger partial charge in [-0.3, -0.25) is 9.78 Å². The molecule has 0 saturated carbocycles. The van der Waals surface area contributed by atoms with Crippen molar-refractivity contribution < 1.29 is 14.3 Å². The van der Waals surface area contributed by atoms with Gasteiger partial charge in [-0.25, -0.2) is 4.79 Å². The maximum absolute atomic E-state index is 12.0. The third-order valence-corrected chi connectivity index (χ3v) is 3.75. The van der Waals surface area contributed by atoms with Crippen LogP contribution in [0.4, 0.5) is 0 Å². The summed E-state index contributed by atoms with van der Waals surface area (Å²) in [7, 11) is 0. The lowest BCUT2D eigenvalue weighted by Crippen LogP contribution is -2.31. The molecule has 2 rings (SSSR count). The van der Waals surface area contributed by atoms with Crippen LogP contribution in [0.1, 0.15) is 48.3 Å². The molecule has 132 valence electrons. The highest BCUT2D eigenvalue weighted by molar-refractivity contribution is 5.91. The van der Waals surface area contributed by atoms with E-state index >= 15 is 0 Å². The van der Waals surface area contributed by atoms with E-state index in [4.69, 9.17) is 4.74 Å². The molecular formula is C20H24N2O3. The van der Waals surface area contributed by atoms with Crippen LogP contribution in [0.25, 0.3) is 0 Å². The molecule has 5 heteroatoms. The number of rotatable bonds is 7. The molecule has 0 bridgehead atoms. The van der Waals surface area contributed by atoms with Gasteiger partial charge in [0.15, 0.2) is 6.61 Å². The number of carbonyl (C=O) groups is 2. The molecule has 1 atom stereocenters. The highest BCUT2D eigenvalue weighted by atomic mass is 16.5. The Balaban J connectivity index is 1.82. The van der Waals surface area contributed by atoms with Gasteiger partial charge >= 0.3 is 5.97 Å². The molecule has 0 fully saturated rings. The monoisotopic (exact) mass is 340 g/mol. The number of hydrogen-bond acceptors (Lipinski definition) is 4. The number of carbonyl (C=O) groups excluding carboxylic acids is 2. The molecule has 0 spiro atoms. The summed E-state index contributed by atoms with van der Waals surface area (Å²) in [6, 6.07) is 11.1. The van der Waals surface area contributed by atoms with Crippen LogP contribution in [0.2, 0.25) is 0 Å². The molecule has 25 heavy (non-hydrogen) atoms. The predicted molar refractivity (Wildman–Crippen MR) is 96.1 cm³/mol. The molecular weight excluding hydrogens is 316 g/mol. The summed E-state index contributed by atoms with van der Waals surface area (Å²) in [5.74, 6) is -0.262. The van der Waals surface area contributed by atoms with Crippen LogP contribution in [0.3, 0.4) is 0 Å². The third-order valence-electron chi connectivity index (χ3n) is 3.75. The fourth-order valence-electron chi connectivity index (χ4n) is 2.48. The van der Waals surface area contributed by atoms with Gasteiger partial charge in [0.2, 0.25) is 0 Å². The van der Waals surface area contributed by atoms with E-state index in [1.165, 1.54) is 18.0 Å². The number of hydrogen-bond donors (Lipinski definition) is 1. The minimum absolute atomic E-state index is 0.153. The SMILES string of the molecule is CC(C)Cc1ccc([C@H](C)NC(=O)COC(=O)c2ccncc2)cc1.